The smallest absolute Gasteiger partial charge is 0.322 e. The van der Waals surface area contributed by atoms with Gasteiger partial charge in [0.15, 0.2) is 0 Å². The highest BCUT2D eigenvalue weighted by Gasteiger charge is 2.32. The van der Waals surface area contributed by atoms with Crippen LogP contribution in [0.1, 0.15) is 66.7 Å². The summed E-state index contributed by atoms with van der Waals surface area (Å²) in [6, 6.07) is -2.46. The summed E-state index contributed by atoms with van der Waals surface area (Å²) in [4.78, 5) is 49.0. The lowest BCUT2D eigenvalue weighted by Gasteiger charge is -2.34. The molecule has 3 amide bonds. The number of amides is 3. The van der Waals surface area contributed by atoms with E-state index >= 15 is 0 Å². The first-order valence-corrected chi connectivity index (χ1v) is 10.9. The summed E-state index contributed by atoms with van der Waals surface area (Å²) < 4.78 is 0. The van der Waals surface area contributed by atoms with E-state index in [2.05, 4.69) is 36.5 Å². The van der Waals surface area contributed by atoms with Crippen molar-refractivity contribution in [3.63, 3.8) is 0 Å². The molecule has 0 spiro atoms. The first-order valence-electron chi connectivity index (χ1n) is 10.9. The third-order valence-corrected chi connectivity index (χ3v) is 5.47. The molecule has 0 aliphatic carbocycles. The van der Waals surface area contributed by atoms with Crippen molar-refractivity contribution in [1.29, 1.82) is 0 Å². The fourth-order valence-corrected chi connectivity index (χ4v) is 3.45. The van der Waals surface area contributed by atoms with Crippen molar-refractivity contribution >= 4 is 23.7 Å². The van der Waals surface area contributed by atoms with Gasteiger partial charge in [-0.15, -0.1) is 6.58 Å². The van der Waals surface area contributed by atoms with Crippen LogP contribution in [0.5, 0.6) is 0 Å². The van der Waals surface area contributed by atoms with Crippen molar-refractivity contribution < 1.29 is 24.3 Å². The Bertz CT molecular complexity index is 677. The maximum absolute atomic E-state index is 12.8. The summed E-state index contributed by atoms with van der Waals surface area (Å²) in [5, 5.41) is 15.8. The topological polar surface area (TPSA) is 128 Å². The Morgan fingerprint density at radius 1 is 1.23 bits per heavy atom. The summed E-state index contributed by atoms with van der Waals surface area (Å²) in [5.74, 6) is -2.27. The molecular formula is C22H38N4O5. The number of carbonyl (C=O) groups is 4. The summed E-state index contributed by atoms with van der Waals surface area (Å²) in [6.45, 7) is 13.4. The summed E-state index contributed by atoms with van der Waals surface area (Å²) in [6.07, 6.45) is 4.57. The largest absolute Gasteiger partial charge is 0.480 e. The molecule has 4 N–H and O–H groups in total. The molecule has 0 radical (unpaired) electrons. The fraction of sp³-hybridized carbons (Fsp3) is 0.727. The van der Waals surface area contributed by atoms with Gasteiger partial charge >= 0.3 is 5.97 Å². The molecule has 1 rings (SSSR count). The van der Waals surface area contributed by atoms with Crippen molar-refractivity contribution in [1.82, 2.24) is 21.1 Å². The first kappa shape index (κ1) is 26.6. The van der Waals surface area contributed by atoms with Gasteiger partial charge in [0.05, 0.1) is 0 Å². The molecular weight excluding hydrogens is 400 g/mol. The molecule has 0 aromatic heterocycles. The maximum atomic E-state index is 12.8. The average Bonchev–Trinajstić information content (AvgIpc) is 2.69. The van der Waals surface area contributed by atoms with E-state index in [1.165, 1.54) is 5.01 Å². The van der Waals surface area contributed by atoms with Gasteiger partial charge in [-0.1, -0.05) is 33.8 Å². The zero-order valence-corrected chi connectivity index (χ0v) is 19.4. The molecule has 0 aromatic carbocycles. The second kappa shape index (κ2) is 11.8. The molecule has 0 saturated carbocycles. The molecule has 3 atom stereocenters. The SMILES string of the molecule is C=CCC(C)(C)CCC(=O)NC(C(=O)NC(C)C(=O)N1CCCC(C(=O)O)N1)C(C)C. The number of nitrogens with one attached hydrogen (secondary N) is 3. The third-order valence-electron chi connectivity index (χ3n) is 5.47. The van der Waals surface area contributed by atoms with Gasteiger partial charge in [-0.05, 0) is 43.9 Å². The van der Waals surface area contributed by atoms with E-state index in [9.17, 15) is 19.2 Å². The number of carboxylic acid groups (broad SMARTS) is 1. The van der Waals surface area contributed by atoms with Crippen molar-refractivity contribution in [3.8, 4) is 0 Å². The van der Waals surface area contributed by atoms with Crippen molar-refractivity contribution in [2.45, 2.75) is 84.8 Å². The number of hydrazine groups is 1. The molecule has 1 aliphatic heterocycles. The number of nitrogens with zero attached hydrogens (tertiary/aromatic N) is 1. The number of carboxylic acids is 1. The quantitative estimate of drug-likeness (QED) is 0.363. The minimum Gasteiger partial charge on any atom is -0.480 e. The number of rotatable bonds is 11. The number of carbonyl (C=O) groups excluding carboxylic acids is 3. The van der Waals surface area contributed by atoms with Crippen LogP contribution in [0.15, 0.2) is 12.7 Å². The minimum absolute atomic E-state index is 0.0507. The van der Waals surface area contributed by atoms with Gasteiger partial charge in [0, 0.05) is 13.0 Å². The highest BCUT2D eigenvalue weighted by molar-refractivity contribution is 5.92. The number of hydrogen-bond acceptors (Lipinski definition) is 5. The zero-order valence-electron chi connectivity index (χ0n) is 19.4. The zero-order chi connectivity index (χ0) is 23.8. The minimum atomic E-state index is -1.02. The van der Waals surface area contributed by atoms with Gasteiger partial charge in [0.25, 0.3) is 5.91 Å². The molecule has 0 aromatic rings. The van der Waals surface area contributed by atoms with Crippen molar-refractivity contribution in [2.24, 2.45) is 11.3 Å². The van der Waals surface area contributed by atoms with Gasteiger partial charge in [0.2, 0.25) is 11.8 Å². The predicted octanol–water partition coefficient (Wildman–Crippen LogP) is 1.59. The van der Waals surface area contributed by atoms with Gasteiger partial charge < -0.3 is 15.7 Å². The van der Waals surface area contributed by atoms with Crippen LogP contribution in [0.3, 0.4) is 0 Å². The fourth-order valence-electron chi connectivity index (χ4n) is 3.45. The van der Waals surface area contributed by atoms with Gasteiger partial charge in [-0.3, -0.25) is 24.2 Å². The Morgan fingerprint density at radius 2 is 1.87 bits per heavy atom. The molecule has 1 saturated heterocycles. The second-order valence-corrected chi connectivity index (χ2v) is 9.33. The number of aliphatic carboxylic acids is 1. The third kappa shape index (κ3) is 8.69. The number of allylic oxidation sites excluding steroid dienone is 1. The predicted molar refractivity (Wildman–Crippen MR) is 118 cm³/mol. The Balaban J connectivity index is 2.65. The van der Waals surface area contributed by atoms with E-state index in [0.29, 0.717) is 32.2 Å². The highest BCUT2D eigenvalue weighted by atomic mass is 16.4. The molecule has 1 heterocycles. The number of hydrogen-bond donors (Lipinski definition) is 4. The Morgan fingerprint density at radius 3 is 2.42 bits per heavy atom. The monoisotopic (exact) mass is 438 g/mol. The summed E-state index contributed by atoms with van der Waals surface area (Å²) in [5.41, 5.74) is 2.64. The van der Waals surface area contributed by atoms with Crippen LogP contribution in [0.4, 0.5) is 0 Å². The van der Waals surface area contributed by atoms with Gasteiger partial charge in [0.1, 0.15) is 18.1 Å². The molecule has 9 heteroatoms. The van der Waals surface area contributed by atoms with Crippen LogP contribution in [0, 0.1) is 11.3 Å². The highest BCUT2D eigenvalue weighted by Crippen LogP contribution is 2.26. The molecule has 1 aliphatic rings. The lowest BCUT2D eigenvalue weighted by atomic mass is 9.84. The van der Waals surface area contributed by atoms with E-state index in [4.69, 9.17) is 5.11 Å². The standard InChI is InChI=1S/C22H38N4O5/c1-7-11-22(5,6)12-10-17(27)24-18(14(2)3)19(28)23-15(4)20(29)26-13-8-9-16(25-26)21(30)31/h7,14-16,18,25H,1,8-13H2,2-6H3,(H,23,28)(H,24,27)(H,30,31). The van der Waals surface area contributed by atoms with Gasteiger partial charge in [-0.25, -0.2) is 5.43 Å². The molecule has 0 bridgehead atoms. The van der Waals surface area contributed by atoms with E-state index < -0.39 is 35.9 Å². The van der Waals surface area contributed by atoms with Gasteiger partial charge in [-0.2, -0.15) is 0 Å². The molecule has 31 heavy (non-hydrogen) atoms. The molecule has 3 unspecified atom stereocenters. The average molecular weight is 439 g/mol. The van der Waals surface area contributed by atoms with E-state index in [-0.39, 0.29) is 17.2 Å². The van der Waals surface area contributed by atoms with Crippen molar-refractivity contribution in [2.75, 3.05) is 6.54 Å². The van der Waals surface area contributed by atoms with E-state index in [1.807, 2.05) is 19.9 Å². The van der Waals surface area contributed by atoms with Crippen LogP contribution < -0.4 is 16.1 Å². The van der Waals surface area contributed by atoms with Crippen LogP contribution in [-0.2, 0) is 19.2 Å². The molecule has 1 fully saturated rings. The summed E-state index contributed by atoms with van der Waals surface area (Å²) in [7, 11) is 0. The van der Waals surface area contributed by atoms with Crippen LogP contribution in [-0.4, -0.2) is 58.5 Å². The lowest BCUT2D eigenvalue weighted by Crippen LogP contribution is -2.60. The molecule has 9 nitrogen and oxygen atoms in total. The second-order valence-electron chi connectivity index (χ2n) is 9.33. The molecule has 176 valence electrons. The van der Waals surface area contributed by atoms with E-state index in [1.54, 1.807) is 6.92 Å². The normalized spacial score (nSPS) is 18.8. The van der Waals surface area contributed by atoms with Crippen LogP contribution >= 0.6 is 0 Å². The summed E-state index contributed by atoms with van der Waals surface area (Å²) >= 11 is 0. The van der Waals surface area contributed by atoms with E-state index in [0.717, 1.165) is 6.42 Å². The lowest BCUT2D eigenvalue weighted by molar-refractivity contribution is -0.148. The Kier molecular flexibility index (Phi) is 10.2. The maximum Gasteiger partial charge on any atom is 0.322 e. The van der Waals surface area contributed by atoms with Crippen molar-refractivity contribution in [3.05, 3.63) is 12.7 Å². The van der Waals surface area contributed by atoms with Crippen LogP contribution in [0.2, 0.25) is 0 Å². The van der Waals surface area contributed by atoms with Crippen LogP contribution in [0.25, 0.3) is 0 Å². The Hall–Kier alpha value is -2.42. The Labute approximate surface area is 185 Å². The first-order chi connectivity index (χ1) is 14.4.